The van der Waals surface area contributed by atoms with Crippen molar-refractivity contribution in [3.63, 3.8) is 0 Å². The Balaban J connectivity index is 1.67. The van der Waals surface area contributed by atoms with Gasteiger partial charge in [-0.3, -0.25) is 4.90 Å². The molecule has 1 aliphatic rings. The molecule has 0 aliphatic carbocycles. The zero-order chi connectivity index (χ0) is 16.9. The average Bonchev–Trinajstić information content (AvgIpc) is 3.11. The first-order chi connectivity index (χ1) is 11.7. The number of methoxy groups -OCH3 is 1. The van der Waals surface area contributed by atoms with E-state index < -0.39 is 6.10 Å². The van der Waals surface area contributed by atoms with Crippen LogP contribution in [-0.4, -0.2) is 42.9 Å². The normalized spacial score (nSPS) is 20.0. The van der Waals surface area contributed by atoms with Gasteiger partial charge in [-0.25, -0.2) is 4.39 Å². The van der Waals surface area contributed by atoms with Crippen LogP contribution in [0.25, 0.3) is 0 Å². The number of hydrogen-bond acceptors (Lipinski definition) is 5. The highest BCUT2D eigenvalue weighted by Crippen LogP contribution is 2.25. The summed E-state index contributed by atoms with van der Waals surface area (Å²) in [5.74, 6) is 0.428. The van der Waals surface area contributed by atoms with Gasteiger partial charge < -0.3 is 19.0 Å². The lowest BCUT2D eigenvalue weighted by Gasteiger charge is -2.36. The van der Waals surface area contributed by atoms with Gasteiger partial charge in [-0.2, -0.15) is 0 Å². The first kappa shape index (κ1) is 17.0. The molecule has 130 valence electrons. The van der Waals surface area contributed by atoms with E-state index in [1.54, 1.807) is 24.5 Å². The summed E-state index contributed by atoms with van der Waals surface area (Å²) in [6.07, 6.45) is 1.38. The number of rotatable bonds is 6. The fourth-order valence-corrected chi connectivity index (χ4v) is 3.01. The Morgan fingerprint density at radius 3 is 3.00 bits per heavy atom. The van der Waals surface area contributed by atoms with Crippen molar-refractivity contribution in [3.8, 4) is 5.75 Å². The molecule has 0 spiro atoms. The molecule has 1 saturated heterocycles. The minimum absolute atomic E-state index is 0.0454. The molecule has 0 radical (unpaired) electrons. The van der Waals surface area contributed by atoms with Gasteiger partial charge in [-0.1, -0.05) is 6.07 Å². The fraction of sp³-hybridized carbons (Fsp3) is 0.444. The molecule has 6 heteroatoms. The summed E-state index contributed by atoms with van der Waals surface area (Å²) in [5, 5.41) is 10.3. The van der Waals surface area contributed by atoms with Crippen LogP contribution in [0, 0.1) is 5.82 Å². The summed E-state index contributed by atoms with van der Waals surface area (Å²) >= 11 is 0. The highest BCUT2D eigenvalue weighted by molar-refractivity contribution is 5.29. The predicted molar refractivity (Wildman–Crippen MR) is 86.3 cm³/mol. The van der Waals surface area contributed by atoms with Crippen LogP contribution in [-0.2, 0) is 11.3 Å². The van der Waals surface area contributed by atoms with E-state index in [-0.39, 0.29) is 17.6 Å². The molecule has 3 rings (SSSR count). The lowest BCUT2D eigenvalue weighted by atomic mass is 10.0. The van der Waals surface area contributed by atoms with Crippen molar-refractivity contribution in [1.29, 1.82) is 0 Å². The number of halogens is 1. The second-order valence-corrected chi connectivity index (χ2v) is 5.94. The number of benzene rings is 1. The SMILES string of the molecule is COc1ccc(CN2CCOCC2CC(O)c2ccco2)cc1F. The van der Waals surface area contributed by atoms with E-state index in [9.17, 15) is 9.50 Å². The molecule has 24 heavy (non-hydrogen) atoms. The molecule has 2 heterocycles. The zero-order valence-electron chi connectivity index (χ0n) is 13.7. The van der Waals surface area contributed by atoms with Gasteiger partial charge in [0.05, 0.1) is 26.6 Å². The van der Waals surface area contributed by atoms with Crippen molar-refractivity contribution < 1.29 is 23.4 Å². The fourth-order valence-electron chi connectivity index (χ4n) is 3.01. The van der Waals surface area contributed by atoms with E-state index in [1.165, 1.54) is 13.2 Å². The molecular weight excluding hydrogens is 313 g/mol. The van der Waals surface area contributed by atoms with Crippen molar-refractivity contribution in [2.75, 3.05) is 26.9 Å². The second-order valence-electron chi connectivity index (χ2n) is 5.94. The van der Waals surface area contributed by atoms with Crippen LogP contribution in [0.15, 0.2) is 41.0 Å². The average molecular weight is 335 g/mol. The third-order valence-corrected chi connectivity index (χ3v) is 4.32. The second kappa shape index (κ2) is 7.79. The number of hydrogen-bond donors (Lipinski definition) is 1. The molecule has 1 N–H and O–H groups in total. The summed E-state index contributed by atoms with van der Waals surface area (Å²) in [5.41, 5.74) is 0.868. The van der Waals surface area contributed by atoms with Gasteiger partial charge >= 0.3 is 0 Å². The summed E-state index contributed by atoms with van der Waals surface area (Å²) in [4.78, 5) is 2.21. The maximum atomic E-state index is 13.9. The van der Waals surface area contributed by atoms with Crippen molar-refractivity contribution in [2.45, 2.75) is 25.1 Å². The van der Waals surface area contributed by atoms with Crippen LogP contribution in [0.1, 0.15) is 23.8 Å². The number of aliphatic hydroxyl groups is 1. The topological polar surface area (TPSA) is 55.1 Å². The Labute approximate surface area is 140 Å². The van der Waals surface area contributed by atoms with Crippen LogP contribution in [0.5, 0.6) is 5.75 Å². The molecule has 1 aliphatic heterocycles. The predicted octanol–water partition coefficient (Wildman–Crippen LogP) is 2.75. The number of ether oxygens (including phenoxy) is 2. The van der Waals surface area contributed by atoms with Gasteiger partial charge in [0.15, 0.2) is 11.6 Å². The molecule has 1 aromatic heterocycles. The van der Waals surface area contributed by atoms with Crippen molar-refractivity contribution in [1.82, 2.24) is 4.90 Å². The Kier molecular flexibility index (Phi) is 5.50. The summed E-state index contributed by atoms with van der Waals surface area (Å²) in [6, 6.07) is 8.55. The van der Waals surface area contributed by atoms with Gasteiger partial charge in [0.2, 0.25) is 0 Å². The third kappa shape index (κ3) is 3.95. The number of furan rings is 1. The van der Waals surface area contributed by atoms with E-state index in [0.29, 0.717) is 31.9 Å². The van der Waals surface area contributed by atoms with E-state index >= 15 is 0 Å². The Hall–Kier alpha value is -1.89. The number of morpholine rings is 1. The highest BCUT2D eigenvalue weighted by atomic mass is 19.1. The van der Waals surface area contributed by atoms with Crippen LogP contribution in [0.2, 0.25) is 0 Å². The van der Waals surface area contributed by atoms with Gasteiger partial charge in [-0.05, 0) is 36.2 Å². The molecule has 0 saturated carbocycles. The van der Waals surface area contributed by atoms with Crippen LogP contribution in [0.3, 0.4) is 0 Å². The minimum atomic E-state index is -0.679. The van der Waals surface area contributed by atoms with Gasteiger partial charge in [0, 0.05) is 19.1 Å². The molecule has 5 nitrogen and oxygen atoms in total. The van der Waals surface area contributed by atoms with Gasteiger partial charge in [0.1, 0.15) is 11.9 Å². The molecule has 1 fully saturated rings. The van der Waals surface area contributed by atoms with Gasteiger partial charge in [-0.15, -0.1) is 0 Å². The number of nitrogens with zero attached hydrogens (tertiary/aromatic N) is 1. The maximum Gasteiger partial charge on any atom is 0.165 e. The first-order valence-electron chi connectivity index (χ1n) is 8.03. The van der Waals surface area contributed by atoms with Crippen molar-refractivity contribution in [2.24, 2.45) is 0 Å². The zero-order valence-corrected chi connectivity index (χ0v) is 13.7. The van der Waals surface area contributed by atoms with E-state index in [4.69, 9.17) is 13.9 Å². The maximum absolute atomic E-state index is 13.9. The summed E-state index contributed by atoms with van der Waals surface area (Å²) in [6.45, 7) is 2.51. The van der Waals surface area contributed by atoms with E-state index in [0.717, 1.165) is 12.1 Å². The van der Waals surface area contributed by atoms with Crippen LogP contribution >= 0.6 is 0 Å². The summed E-state index contributed by atoms with van der Waals surface area (Å²) in [7, 11) is 1.45. The summed E-state index contributed by atoms with van der Waals surface area (Å²) < 4.78 is 29.6. The Morgan fingerprint density at radius 2 is 2.29 bits per heavy atom. The molecule has 0 amide bonds. The standard InChI is InChI=1S/C18H22FNO4/c1-22-17-5-4-13(9-15(17)19)11-20-6-8-23-12-14(20)10-16(21)18-3-2-7-24-18/h2-5,7,9,14,16,21H,6,8,10-12H2,1H3. The lowest BCUT2D eigenvalue weighted by molar-refractivity contribution is -0.0323. The molecule has 2 aromatic rings. The van der Waals surface area contributed by atoms with Crippen molar-refractivity contribution in [3.05, 3.63) is 53.7 Å². The Bertz CT molecular complexity index is 646. The molecule has 1 aromatic carbocycles. The first-order valence-corrected chi connectivity index (χ1v) is 8.03. The highest BCUT2D eigenvalue weighted by Gasteiger charge is 2.27. The molecule has 2 atom stereocenters. The van der Waals surface area contributed by atoms with E-state index in [1.807, 2.05) is 6.07 Å². The monoisotopic (exact) mass is 335 g/mol. The number of aliphatic hydroxyl groups excluding tert-OH is 1. The third-order valence-electron chi connectivity index (χ3n) is 4.32. The quantitative estimate of drug-likeness (QED) is 0.880. The lowest BCUT2D eigenvalue weighted by Crippen LogP contribution is -2.45. The molecule has 0 bridgehead atoms. The smallest absolute Gasteiger partial charge is 0.165 e. The van der Waals surface area contributed by atoms with E-state index in [2.05, 4.69) is 4.90 Å². The molecular formula is C18H22FNO4. The Morgan fingerprint density at radius 1 is 1.42 bits per heavy atom. The van der Waals surface area contributed by atoms with Crippen LogP contribution < -0.4 is 4.74 Å². The minimum Gasteiger partial charge on any atom is -0.494 e. The largest absolute Gasteiger partial charge is 0.494 e. The van der Waals surface area contributed by atoms with Crippen LogP contribution in [0.4, 0.5) is 4.39 Å². The van der Waals surface area contributed by atoms with Gasteiger partial charge in [0.25, 0.3) is 0 Å². The van der Waals surface area contributed by atoms with Crippen molar-refractivity contribution >= 4 is 0 Å². The molecule has 2 unspecified atom stereocenters.